The van der Waals surface area contributed by atoms with Crippen molar-refractivity contribution in [2.45, 2.75) is 13.8 Å². The number of aromatic nitrogens is 2. The predicted octanol–water partition coefficient (Wildman–Crippen LogP) is 1.17. The molecule has 2 N–H and O–H groups in total. The Balaban J connectivity index is 3.09. The second kappa shape index (κ2) is 6.48. The van der Waals surface area contributed by atoms with E-state index in [9.17, 15) is 4.79 Å². The van der Waals surface area contributed by atoms with E-state index in [0.29, 0.717) is 29.3 Å². The third-order valence-corrected chi connectivity index (χ3v) is 2.19. The molecule has 1 rings (SSSR count). The summed E-state index contributed by atoms with van der Waals surface area (Å²) in [4.78, 5) is 19.8. The summed E-state index contributed by atoms with van der Waals surface area (Å²) in [5, 5.41) is 10.1. The Hall–Kier alpha value is -2.24. The van der Waals surface area contributed by atoms with E-state index in [4.69, 9.17) is 10.1 Å². The fourth-order valence-corrected chi connectivity index (χ4v) is 1.34. The summed E-state index contributed by atoms with van der Waals surface area (Å²) < 4.78 is 4.89. The molecular formula is C12H16N4O2. The van der Waals surface area contributed by atoms with Crippen LogP contribution in [0.4, 0.5) is 0 Å². The van der Waals surface area contributed by atoms with E-state index >= 15 is 0 Å². The van der Waals surface area contributed by atoms with Gasteiger partial charge in [0.2, 0.25) is 0 Å². The number of rotatable bonds is 5. The van der Waals surface area contributed by atoms with Crippen molar-refractivity contribution in [1.29, 1.82) is 5.41 Å². The molecule has 96 valence electrons. The molecule has 18 heavy (non-hydrogen) atoms. The van der Waals surface area contributed by atoms with Gasteiger partial charge in [-0.15, -0.1) is 0 Å². The van der Waals surface area contributed by atoms with Gasteiger partial charge < -0.3 is 15.5 Å². The van der Waals surface area contributed by atoms with Crippen LogP contribution in [-0.2, 0) is 4.74 Å². The average molecular weight is 248 g/mol. The van der Waals surface area contributed by atoms with Gasteiger partial charge in [-0.2, -0.15) is 0 Å². The van der Waals surface area contributed by atoms with Crippen LogP contribution in [0.5, 0.6) is 0 Å². The molecule has 6 nitrogen and oxygen atoms in total. The second-order valence-corrected chi connectivity index (χ2v) is 3.45. The van der Waals surface area contributed by atoms with Crippen molar-refractivity contribution in [2.24, 2.45) is 0 Å². The van der Waals surface area contributed by atoms with Gasteiger partial charge in [-0.25, -0.2) is 14.8 Å². The minimum atomic E-state index is -0.435. The minimum absolute atomic E-state index is 0.311. The van der Waals surface area contributed by atoms with Gasteiger partial charge in [0.1, 0.15) is 0 Å². The smallest absolute Gasteiger partial charge is 0.341 e. The molecule has 0 saturated carbocycles. The third kappa shape index (κ3) is 3.13. The largest absolute Gasteiger partial charge is 0.462 e. The molecule has 6 heteroatoms. The second-order valence-electron chi connectivity index (χ2n) is 3.45. The summed E-state index contributed by atoms with van der Waals surface area (Å²) >= 11 is 0. The molecule has 0 saturated heterocycles. The van der Waals surface area contributed by atoms with Gasteiger partial charge in [0, 0.05) is 25.7 Å². The Kier molecular flexibility index (Phi) is 4.98. The first kappa shape index (κ1) is 13.8. The maximum atomic E-state index is 11.6. The fraction of sp³-hybridized carbons (Fsp3) is 0.333. The summed E-state index contributed by atoms with van der Waals surface area (Å²) in [6.45, 7) is 3.76. The first-order valence-corrected chi connectivity index (χ1v) is 5.53. The number of allylic oxidation sites excluding steroid dienone is 1. The van der Waals surface area contributed by atoms with Gasteiger partial charge in [0.05, 0.1) is 23.4 Å². The van der Waals surface area contributed by atoms with E-state index in [0.717, 1.165) is 6.21 Å². The molecule has 0 bridgehead atoms. The third-order valence-electron chi connectivity index (χ3n) is 2.19. The number of nitrogens with one attached hydrogen (secondary N) is 2. The molecule has 0 atom stereocenters. The summed E-state index contributed by atoms with van der Waals surface area (Å²) in [6.07, 6.45) is 4.18. The van der Waals surface area contributed by atoms with Gasteiger partial charge in [-0.05, 0) is 13.8 Å². The maximum Gasteiger partial charge on any atom is 0.341 e. The van der Waals surface area contributed by atoms with Gasteiger partial charge in [0.25, 0.3) is 0 Å². The van der Waals surface area contributed by atoms with Crippen molar-refractivity contribution in [2.75, 3.05) is 13.7 Å². The molecule has 0 aliphatic carbocycles. The van der Waals surface area contributed by atoms with Crippen molar-refractivity contribution in [1.82, 2.24) is 15.3 Å². The van der Waals surface area contributed by atoms with Crippen molar-refractivity contribution in [3.05, 3.63) is 29.5 Å². The number of aryl methyl sites for hydroxylation is 1. The topological polar surface area (TPSA) is 88.0 Å². The van der Waals surface area contributed by atoms with Crippen molar-refractivity contribution >= 4 is 17.8 Å². The zero-order valence-corrected chi connectivity index (χ0v) is 10.7. The molecule has 0 aliphatic heterocycles. The maximum absolute atomic E-state index is 11.6. The summed E-state index contributed by atoms with van der Waals surface area (Å²) in [7, 11) is 1.73. The van der Waals surface area contributed by atoms with E-state index in [1.165, 1.54) is 6.20 Å². The number of esters is 1. The summed E-state index contributed by atoms with van der Waals surface area (Å²) in [5.41, 5.74) is 1.41. The standard InChI is InChI=1S/C12H16N4O2/c1-4-18-12(17)10-7-15-11(16-8(10)2)9(5-13)6-14-3/h5-7,13-14H,4H2,1-3H3/b9-6+,13-5?. The van der Waals surface area contributed by atoms with Crippen molar-refractivity contribution in [3.63, 3.8) is 0 Å². The van der Waals surface area contributed by atoms with E-state index in [2.05, 4.69) is 15.3 Å². The lowest BCUT2D eigenvalue weighted by Gasteiger charge is -2.06. The number of nitrogens with zero attached hydrogens (tertiary/aromatic N) is 2. The van der Waals surface area contributed by atoms with E-state index in [-0.39, 0.29) is 0 Å². The highest BCUT2D eigenvalue weighted by Gasteiger charge is 2.13. The van der Waals surface area contributed by atoms with Crippen LogP contribution in [0.25, 0.3) is 5.57 Å². The van der Waals surface area contributed by atoms with Crippen molar-refractivity contribution < 1.29 is 9.53 Å². The highest BCUT2D eigenvalue weighted by atomic mass is 16.5. The van der Waals surface area contributed by atoms with Crippen LogP contribution in [0.3, 0.4) is 0 Å². The van der Waals surface area contributed by atoms with E-state index in [1.807, 2.05) is 0 Å². The van der Waals surface area contributed by atoms with E-state index in [1.54, 1.807) is 27.1 Å². The Labute approximate surface area is 106 Å². The van der Waals surface area contributed by atoms with Crippen LogP contribution in [0.1, 0.15) is 28.8 Å². The number of hydrogen-bond acceptors (Lipinski definition) is 6. The molecule has 0 spiro atoms. The van der Waals surface area contributed by atoms with Gasteiger partial charge in [-0.1, -0.05) is 0 Å². The molecule has 1 aromatic rings. The van der Waals surface area contributed by atoms with Crippen LogP contribution in [-0.4, -0.2) is 35.8 Å². The molecule has 0 radical (unpaired) electrons. The summed E-state index contributed by atoms with van der Waals surface area (Å²) in [5.74, 6) is -0.0413. The molecule has 1 heterocycles. The lowest BCUT2D eigenvalue weighted by atomic mass is 10.2. The zero-order valence-electron chi connectivity index (χ0n) is 10.7. The molecule has 1 aromatic heterocycles. The van der Waals surface area contributed by atoms with Crippen molar-refractivity contribution in [3.8, 4) is 0 Å². The van der Waals surface area contributed by atoms with Crippen LogP contribution in [0.2, 0.25) is 0 Å². The van der Waals surface area contributed by atoms with Crippen LogP contribution < -0.4 is 5.32 Å². The number of carbonyl (C=O) groups is 1. The molecule has 0 amide bonds. The van der Waals surface area contributed by atoms with Gasteiger partial charge in [0.15, 0.2) is 5.82 Å². The molecule has 0 aliphatic rings. The number of hydrogen-bond donors (Lipinski definition) is 2. The lowest BCUT2D eigenvalue weighted by molar-refractivity contribution is 0.0524. The lowest BCUT2D eigenvalue weighted by Crippen LogP contribution is -2.11. The van der Waals surface area contributed by atoms with Gasteiger partial charge >= 0.3 is 5.97 Å². The Morgan fingerprint density at radius 1 is 1.61 bits per heavy atom. The Morgan fingerprint density at radius 2 is 2.33 bits per heavy atom. The Morgan fingerprint density at radius 3 is 2.83 bits per heavy atom. The van der Waals surface area contributed by atoms with Gasteiger partial charge in [-0.3, -0.25) is 0 Å². The predicted molar refractivity (Wildman–Crippen MR) is 68.5 cm³/mol. The van der Waals surface area contributed by atoms with Crippen LogP contribution in [0, 0.1) is 12.3 Å². The highest BCUT2D eigenvalue weighted by molar-refractivity contribution is 6.06. The monoisotopic (exact) mass is 248 g/mol. The zero-order chi connectivity index (χ0) is 13.5. The molecular weight excluding hydrogens is 232 g/mol. The normalized spacial score (nSPS) is 10.9. The number of carbonyl (C=O) groups excluding carboxylic acids is 1. The SMILES string of the molecule is CCOC(=O)c1cnc(/C(C=N)=C/NC)nc1C. The first-order chi connectivity index (χ1) is 8.63. The molecule has 0 unspecified atom stereocenters. The highest BCUT2D eigenvalue weighted by Crippen LogP contribution is 2.10. The quantitative estimate of drug-likeness (QED) is 0.603. The van der Waals surface area contributed by atoms with E-state index < -0.39 is 5.97 Å². The average Bonchev–Trinajstić information content (AvgIpc) is 2.36. The fourth-order valence-electron chi connectivity index (χ4n) is 1.34. The number of ether oxygens (including phenoxy) is 1. The Bertz CT molecular complexity index is 483. The molecule has 0 fully saturated rings. The first-order valence-electron chi connectivity index (χ1n) is 5.53. The molecule has 0 aromatic carbocycles. The minimum Gasteiger partial charge on any atom is -0.462 e. The summed E-state index contributed by atoms with van der Waals surface area (Å²) in [6, 6.07) is 0. The van der Waals surface area contributed by atoms with Crippen LogP contribution in [0.15, 0.2) is 12.4 Å². The van der Waals surface area contributed by atoms with Crippen LogP contribution >= 0.6 is 0 Å².